The Morgan fingerprint density at radius 2 is 1.65 bits per heavy atom. The molecule has 0 saturated heterocycles. The fourth-order valence-electron chi connectivity index (χ4n) is 2.05. The van der Waals surface area contributed by atoms with Crippen LogP contribution < -0.4 is 14.8 Å². The molecule has 0 aliphatic heterocycles. The van der Waals surface area contributed by atoms with Gasteiger partial charge in [0.1, 0.15) is 11.5 Å². The predicted octanol–water partition coefficient (Wildman–Crippen LogP) is 4.38. The van der Waals surface area contributed by atoms with Crippen LogP contribution in [0.15, 0.2) is 24.3 Å². The molecule has 20 heavy (non-hydrogen) atoms. The van der Waals surface area contributed by atoms with E-state index >= 15 is 0 Å². The van der Waals surface area contributed by atoms with Crippen LogP contribution in [0.1, 0.15) is 17.2 Å². The van der Waals surface area contributed by atoms with Crippen molar-refractivity contribution < 1.29 is 9.47 Å². The molecule has 0 spiro atoms. The summed E-state index contributed by atoms with van der Waals surface area (Å²) in [4.78, 5) is 0. The van der Waals surface area contributed by atoms with Gasteiger partial charge in [0.15, 0.2) is 0 Å². The van der Waals surface area contributed by atoms with Gasteiger partial charge in [-0.15, -0.1) is 11.3 Å². The fourth-order valence-corrected chi connectivity index (χ4v) is 3.58. The summed E-state index contributed by atoms with van der Waals surface area (Å²) in [6.07, 6.45) is 0. The second kappa shape index (κ2) is 6.68. The molecule has 0 radical (unpaired) electrons. The summed E-state index contributed by atoms with van der Waals surface area (Å²) in [7, 11) is 5.13. The van der Waals surface area contributed by atoms with Gasteiger partial charge >= 0.3 is 0 Å². The molecule has 0 amide bonds. The number of methoxy groups -OCH3 is 2. The van der Waals surface area contributed by atoms with Crippen molar-refractivity contribution in [3.05, 3.63) is 44.1 Å². The summed E-state index contributed by atoms with van der Waals surface area (Å²) in [5.74, 6) is 1.47. The van der Waals surface area contributed by atoms with E-state index in [9.17, 15) is 0 Å². The van der Waals surface area contributed by atoms with Crippen LogP contribution in [-0.4, -0.2) is 21.3 Å². The largest absolute Gasteiger partial charge is 0.497 e. The van der Waals surface area contributed by atoms with Gasteiger partial charge in [-0.05, 0) is 30.8 Å². The molecule has 2 rings (SSSR count). The highest BCUT2D eigenvalue weighted by molar-refractivity contribution is 7.20. The van der Waals surface area contributed by atoms with Gasteiger partial charge in [-0.25, -0.2) is 0 Å². The molecule has 0 saturated carbocycles. The Morgan fingerprint density at radius 3 is 2.05 bits per heavy atom. The van der Waals surface area contributed by atoms with Crippen molar-refractivity contribution in [2.75, 3.05) is 21.3 Å². The number of thiophene rings is 1. The van der Waals surface area contributed by atoms with Gasteiger partial charge in [0.2, 0.25) is 0 Å². The van der Waals surface area contributed by atoms with Gasteiger partial charge in [-0.2, -0.15) is 0 Å². The van der Waals surface area contributed by atoms with Gasteiger partial charge in [0.25, 0.3) is 0 Å². The Hall–Kier alpha value is -0.940. The molecule has 108 valence electrons. The number of rotatable bonds is 5. The first kappa shape index (κ1) is 15.4. The third-order valence-electron chi connectivity index (χ3n) is 2.99. The normalized spacial score (nSPS) is 12.2. The number of hydrogen-bond acceptors (Lipinski definition) is 4. The Morgan fingerprint density at radius 1 is 1.05 bits per heavy atom. The van der Waals surface area contributed by atoms with Crippen LogP contribution in [0.4, 0.5) is 0 Å². The van der Waals surface area contributed by atoms with Gasteiger partial charge in [-0.1, -0.05) is 23.2 Å². The highest BCUT2D eigenvalue weighted by Crippen LogP contribution is 2.38. The summed E-state index contributed by atoms with van der Waals surface area (Å²) in [6.45, 7) is 0. The predicted molar refractivity (Wildman–Crippen MR) is 84.8 cm³/mol. The topological polar surface area (TPSA) is 30.5 Å². The molecule has 2 aromatic rings. The Bertz CT molecular complexity index is 579. The smallest absolute Gasteiger partial charge is 0.122 e. The van der Waals surface area contributed by atoms with E-state index in [2.05, 4.69) is 5.32 Å². The molecular formula is C14H15Cl2NO2S. The van der Waals surface area contributed by atoms with Crippen molar-refractivity contribution in [3.63, 3.8) is 0 Å². The molecular weight excluding hydrogens is 317 g/mol. The molecule has 1 aromatic heterocycles. The number of halogens is 2. The maximum absolute atomic E-state index is 6.25. The van der Waals surface area contributed by atoms with Gasteiger partial charge in [0.05, 0.1) is 28.9 Å². The summed E-state index contributed by atoms with van der Waals surface area (Å²) in [6, 6.07) is 7.53. The Labute approximate surface area is 132 Å². The van der Waals surface area contributed by atoms with Crippen LogP contribution in [0.2, 0.25) is 8.67 Å². The average molecular weight is 332 g/mol. The molecule has 0 bridgehead atoms. The molecule has 3 nitrogen and oxygen atoms in total. The van der Waals surface area contributed by atoms with Crippen LogP contribution >= 0.6 is 34.5 Å². The van der Waals surface area contributed by atoms with Crippen molar-refractivity contribution in [1.82, 2.24) is 5.32 Å². The van der Waals surface area contributed by atoms with Crippen LogP contribution in [0, 0.1) is 0 Å². The first-order chi connectivity index (χ1) is 9.58. The maximum Gasteiger partial charge on any atom is 0.122 e. The van der Waals surface area contributed by atoms with E-state index in [0.29, 0.717) is 8.67 Å². The van der Waals surface area contributed by atoms with Crippen molar-refractivity contribution in [3.8, 4) is 11.5 Å². The summed E-state index contributed by atoms with van der Waals surface area (Å²) in [5, 5.41) is 3.24. The summed E-state index contributed by atoms with van der Waals surface area (Å²) < 4.78 is 11.9. The van der Waals surface area contributed by atoms with Crippen molar-refractivity contribution in [1.29, 1.82) is 0 Å². The summed E-state index contributed by atoms with van der Waals surface area (Å²) in [5.41, 5.74) is 1.94. The van der Waals surface area contributed by atoms with E-state index < -0.39 is 0 Å². The first-order valence-corrected chi connectivity index (χ1v) is 7.51. The molecule has 0 aliphatic rings. The molecule has 6 heteroatoms. The second-order valence-corrected chi connectivity index (χ2v) is 6.43. The lowest BCUT2D eigenvalue weighted by molar-refractivity contribution is 0.392. The molecule has 0 fully saturated rings. The van der Waals surface area contributed by atoms with E-state index in [0.717, 1.165) is 22.6 Å². The molecule has 1 aromatic carbocycles. The number of ether oxygens (including phenoxy) is 2. The van der Waals surface area contributed by atoms with E-state index in [1.165, 1.54) is 11.3 Å². The average Bonchev–Trinajstić information content (AvgIpc) is 2.78. The van der Waals surface area contributed by atoms with Gasteiger partial charge < -0.3 is 14.8 Å². The van der Waals surface area contributed by atoms with Crippen LogP contribution in [0.5, 0.6) is 11.5 Å². The minimum absolute atomic E-state index is 0.0738. The SMILES string of the molecule is CNC(c1cc(OC)cc(OC)c1)c1cc(Cl)sc1Cl. The summed E-state index contributed by atoms with van der Waals surface area (Å²) >= 11 is 13.6. The minimum atomic E-state index is -0.0738. The van der Waals surface area contributed by atoms with Crippen molar-refractivity contribution in [2.24, 2.45) is 0 Å². The maximum atomic E-state index is 6.25. The van der Waals surface area contributed by atoms with Crippen molar-refractivity contribution >= 4 is 34.5 Å². The zero-order chi connectivity index (χ0) is 14.7. The quantitative estimate of drug-likeness (QED) is 0.881. The fraction of sp³-hybridized carbons (Fsp3) is 0.286. The monoisotopic (exact) mass is 331 g/mol. The van der Waals surface area contributed by atoms with E-state index in [-0.39, 0.29) is 6.04 Å². The molecule has 1 heterocycles. The van der Waals surface area contributed by atoms with E-state index in [1.807, 2.05) is 31.3 Å². The third-order valence-corrected chi connectivity index (χ3v) is 4.51. The molecule has 1 N–H and O–H groups in total. The number of nitrogens with one attached hydrogen (secondary N) is 1. The Kier molecular flexibility index (Phi) is 5.16. The lowest BCUT2D eigenvalue weighted by Gasteiger charge is -2.18. The van der Waals surface area contributed by atoms with Gasteiger partial charge in [0, 0.05) is 11.6 Å². The molecule has 1 atom stereocenters. The zero-order valence-electron chi connectivity index (χ0n) is 11.4. The Balaban J connectivity index is 2.48. The lowest BCUT2D eigenvalue weighted by Crippen LogP contribution is -2.17. The third kappa shape index (κ3) is 3.20. The highest BCUT2D eigenvalue weighted by Gasteiger charge is 2.19. The second-order valence-electron chi connectivity index (χ2n) is 4.15. The standard InChI is InChI=1S/C14H15Cl2NO2S/c1-17-13(11-7-12(15)20-14(11)16)8-4-9(18-2)6-10(5-8)19-3/h4-7,13,17H,1-3H3. The number of benzene rings is 1. The molecule has 1 unspecified atom stereocenters. The van der Waals surface area contributed by atoms with Gasteiger partial charge in [-0.3, -0.25) is 0 Å². The van der Waals surface area contributed by atoms with Crippen molar-refractivity contribution in [2.45, 2.75) is 6.04 Å². The first-order valence-electron chi connectivity index (χ1n) is 5.94. The van der Waals surface area contributed by atoms with Crippen LogP contribution in [-0.2, 0) is 0 Å². The highest BCUT2D eigenvalue weighted by atomic mass is 35.5. The van der Waals surface area contributed by atoms with Crippen LogP contribution in [0.3, 0.4) is 0 Å². The van der Waals surface area contributed by atoms with E-state index in [1.54, 1.807) is 14.2 Å². The lowest BCUT2D eigenvalue weighted by atomic mass is 10.0. The minimum Gasteiger partial charge on any atom is -0.497 e. The zero-order valence-corrected chi connectivity index (χ0v) is 13.7. The number of hydrogen-bond donors (Lipinski definition) is 1. The van der Waals surface area contributed by atoms with Crippen LogP contribution in [0.25, 0.3) is 0 Å². The van der Waals surface area contributed by atoms with E-state index in [4.69, 9.17) is 32.7 Å². The molecule has 0 aliphatic carbocycles.